The molecule has 1 saturated heterocycles. The van der Waals surface area contributed by atoms with E-state index in [1.54, 1.807) is 0 Å². The molecule has 1 aliphatic heterocycles. The van der Waals surface area contributed by atoms with Gasteiger partial charge in [0.05, 0.1) is 6.61 Å². The van der Waals surface area contributed by atoms with E-state index in [2.05, 4.69) is 6.92 Å². The molecule has 0 N–H and O–H groups in total. The first-order valence-electron chi connectivity index (χ1n) is 8.95. The van der Waals surface area contributed by atoms with Crippen LogP contribution in [-0.2, 0) is 4.79 Å². The molecule has 0 aliphatic carbocycles. The van der Waals surface area contributed by atoms with Gasteiger partial charge in [0.1, 0.15) is 5.75 Å². The Morgan fingerprint density at radius 1 is 0.958 bits per heavy atom. The third-order valence-electron chi connectivity index (χ3n) is 4.17. The molecule has 0 spiro atoms. The van der Waals surface area contributed by atoms with E-state index in [1.807, 2.05) is 41.0 Å². The van der Waals surface area contributed by atoms with Crippen molar-refractivity contribution in [3.05, 3.63) is 29.8 Å². The molecule has 0 radical (unpaired) electrons. The molecule has 5 nitrogen and oxygen atoms in total. The first-order valence-corrected chi connectivity index (χ1v) is 8.95. The summed E-state index contributed by atoms with van der Waals surface area (Å²) < 4.78 is 5.55. The van der Waals surface area contributed by atoms with E-state index in [0.717, 1.165) is 31.6 Å². The van der Waals surface area contributed by atoms with E-state index in [4.69, 9.17) is 4.74 Å². The van der Waals surface area contributed by atoms with Gasteiger partial charge in [0, 0.05) is 38.2 Å². The average Bonchev–Trinajstić information content (AvgIpc) is 2.86. The number of amides is 2. The van der Waals surface area contributed by atoms with Crippen LogP contribution in [0.5, 0.6) is 5.75 Å². The van der Waals surface area contributed by atoms with Gasteiger partial charge < -0.3 is 14.5 Å². The van der Waals surface area contributed by atoms with Gasteiger partial charge >= 0.3 is 0 Å². The van der Waals surface area contributed by atoms with Crippen LogP contribution < -0.4 is 4.74 Å². The van der Waals surface area contributed by atoms with Gasteiger partial charge in [-0.2, -0.15) is 0 Å². The number of benzene rings is 1. The van der Waals surface area contributed by atoms with Crippen LogP contribution in [0.15, 0.2) is 24.3 Å². The zero-order chi connectivity index (χ0) is 17.4. The zero-order valence-corrected chi connectivity index (χ0v) is 14.8. The Labute approximate surface area is 144 Å². The number of hydrogen-bond acceptors (Lipinski definition) is 3. The topological polar surface area (TPSA) is 49.9 Å². The maximum atomic E-state index is 12.7. The number of hydrogen-bond donors (Lipinski definition) is 0. The average molecular weight is 332 g/mol. The summed E-state index contributed by atoms with van der Waals surface area (Å²) in [5.74, 6) is 1.02. The molecule has 0 atom stereocenters. The predicted molar refractivity (Wildman–Crippen MR) is 94.2 cm³/mol. The zero-order valence-electron chi connectivity index (χ0n) is 14.8. The van der Waals surface area contributed by atoms with Gasteiger partial charge in [0.25, 0.3) is 5.91 Å². The molecule has 2 rings (SSSR count). The van der Waals surface area contributed by atoms with Crippen LogP contribution in [0.25, 0.3) is 0 Å². The molecule has 0 unspecified atom stereocenters. The van der Waals surface area contributed by atoms with Gasteiger partial charge in [-0.15, -0.1) is 0 Å². The van der Waals surface area contributed by atoms with Crippen molar-refractivity contribution in [2.75, 3.05) is 32.8 Å². The molecule has 0 aromatic heterocycles. The maximum Gasteiger partial charge on any atom is 0.253 e. The Bertz CT molecular complexity index is 542. The number of nitrogens with zero attached hydrogens (tertiary/aromatic N) is 2. The van der Waals surface area contributed by atoms with E-state index in [-0.39, 0.29) is 11.8 Å². The highest BCUT2D eigenvalue weighted by molar-refractivity contribution is 5.94. The van der Waals surface area contributed by atoms with Gasteiger partial charge in [-0.25, -0.2) is 0 Å². The molecule has 1 aromatic rings. The molecule has 0 saturated carbocycles. The van der Waals surface area contributed by atoms with Crippen LogP contribution in [0.1, 0.15) is 49.9 Å². The predicted octanol–water partition coefficient (Wildman–Crippen LogP) is 2.95. The molecule has 1 aliphatic rings. The lowest BCUT2D eigenvalue weighted by Gasteiger charge is -2.22. The van der Waals surface area contributed by atoms with Gasteiger partial charge in [0.2, 0.25) is 5.91 Å². The highest BCUT2D eigenvalue weighted by Gasteiger charge is 2.22. The Hall–Kier alpha value is -2.04. The van der Waals surface area contributed by atoms with Crippen molar-refractivity contribution in [3.63, 3.8) is 0 Å². The normalized spacial score (nSPS) is 15.1. The molecule has 5 heteroatoms. The largest absolute Gasteiger partial charge is 0.494 e. The Kier molecular flexibility index (Phi) is 7.09. The first kappa shape index (κ1) is 18.3. The van der Waals surface area contributed by atoms with Crippen molar-refractivity contribution in [2.24, 2.45) is 0 Å². The SMILES string of the molecule is CCCOc1ccc(C(=O)N2CCCN(C(=O)CCC)CC2)cc1. The van der Waals surface area contributed by atoms with Crippen LogP contribution in [-0.4, -0.2) is 54.4 Å². The third kappa shape index (κ3) is 4.98. The standard InChI is InChI=1S/C19H28N2O3/c1-3-6-18(22)20-11-5-12-21(14-13-20)19(23)16-7-9-17(10-8-16)24-15-4-2/h7-10H,3-6,11-15H2,1-2H3. The van der Waals surface area contributed by atoms with Crippen molar-refractivity contribution < 1.29 is 14.3 Å². The minimum Gasteiger partial charge on any atom is -0.494 e. The van der Waals surface area contributed by atoms with Crippen LogP contribution in [0, 0.1) is 0 Å². The quantitative estimate of drug-likeness (QED) is 0.805. The molecule has 132 valence electrons. The second kappa shape index (κ2) is 9.30. The van der Waals surface area contributed by atoms with E-state index in [1.165, 1.54) is 0 Å². The summed E-state index contributed by atoms with van der Waals surface area (Å²) in [5.41, 5.74) is 0.673. The minimum atomic E-state index is 0.0295. The van der Waals surface area contributed by atoms with Crippen molar-refractivity contribution in [1.82, 2.24) is 9.80 Å². The van der Waals surface area contributed by atoms with Crippen LogP contribution >= 0.6 is 0 Å². The second-order valence-corrected chi connectivity index (χ2v) is 6.15. The van der Waals surface area contributed by atoms with Crippen molar-refractivity contribution in [1.29, 1.82) is 0 Å². The van der Waals surface area contributed by atoms with Crippen molar-refractivity contribution in [3.8, 4) is 5.75 Å². The molecule has 24 heavy (non-hydrogen) atoms. The summed E-state index contributed by atoms with van der Waals surface area (Å²) in [6, 6.07) is 7.33. The summed E-state index contributed by atoms with van der Waals surface area (Å²) >= 11 is 0. The van der Waals surface area contributed by atoms with Gasteiger partial charge in [-0.05, 0) is 43.5 Å². The van der Waals surface area contributed by atoms with Gasteiger partial charge in [0.15, 0.2) is 0 Å². The molecular formula is C19H28N2O3. The third-order valence-corrected chi connectivity index (χ3v) is 4.17. The van der Waals surface area contributed by atoms with Gasteiger partial charge in [-0.1, -0.05) is 13.8 Å². The molecular weight excluding hydrogens is 304 g/mol. The summed E-state index contributed by atoms with van der Waals surface area (Å²) in [5, 5.41) is 0. The number of carbonyl (C=O) groups is 2. The molecule has 1 aromatic carbocycles. The van der Waals surface area contributed by atoms with Crippen LogP contribution in [0.3, 0.4) is 0 Å². The molecule has 1 heterocycles. The highest BCUT2D eigenvalue weighted by Crippen LogP contribution is 2.15. The fraction of sp³-hybridized carbons (Fsp3) is 0.579. The van der Waals surface area contributed by atoms with Gasteiger partial charge in [-0.3, -0.25) is 9.59 Å². The number of ether oxygens (including phenoxy) is 1. The van der Waals surface area contributed by atoms with E-state index < -0.39 is 0 Å². The van der Waals surface area contributed by atoms with Crippen LogP contribution in [0.2, 0.25) is 0 Å². The lowest BCUT2D eigenvalue weighted by atomic mass is 10.2. The fourth-order valence-electron chi connectivity index (χ4n) is 2.84. The lowest BCUT2D eigenvalue weighted by molar-refractivity contribution is -0.131. The summed E-state index contributed by atoms with van der Waals surface area (Å²) in [4.78, 5) is 28.4. The van der Waals surface area contributed by atoms with E-state index in [9.17, 15) is 9.59 Å². The summed E-state index contributed by atoms with van der Waals surface area (Å²) in [6.45, 7) is 7.42. The highest BCUT2D eigenvalue weighted by atomic mass is 16.5. The second-order valence-electron chi connectivity index (χ2n) is 6.15. The Morgan fingerprint density at radius 2 is 1.62 bits per heavy atom. The Balaban J connectivity index is 1.93. The van der Waals surface area contributed by atoms with Crippen molar-refractivity contribution >= 4 is 11.8 Å². The lowest BCUT2D eigenvalue weighted by Crippen LogP contribution is -2.37. The van der Waals surface area contributed by atoms with E-state index in [0.29, 0.717) is 38.2 Å². The number of carbonyl (C=O) groups excluding carboxylic acids is 2. The first-order chi connectivity index (χ1) is 11.7. The monoisotopic (exact) mass is 332 g/mol. The van der Waals surface area contributed by atoms with E-state index >= 15 is 0 Å². The smallest absolute Gasteiger partial charge is 0.253 e. The van der Waals surface area contributed by atoms with Crippen molar-refractivity contribution in [2.45, 2.75) is 39.5 Å². The minimum absolute atomic E-state index is 0.0295. The molecule has 1 fully saturated rings. The summed E-state index contributed by atoms with van der Waals surface area (Å²) in [7, 11) is 0. The van der Waals surface area contributed by atoms with Crippen LogP contribution in [0.4, 0.5) is 0 Å². The summed E-state index contributed by atoms with van der Waals surface area (Å²) in [6.07, 6.45) is 3.25. The molecule has 0 bridgehead atoms. The maximum absolute atomic E-state index is 12.7. The number of rotatable bonds is 6. The Morgan fingerprint density at radius 3 is 2.29 bits per heavy atom. The fourth-order valence-corrected chi connectivity index (χ4v) is 2.84. The molecule has 2 amide bonds.